The number of fused-ring (bicyclic) bond motifs is 1. The highest BCUT2D eigenvalue weighted by Gasteiger charge is 2.22. The monoisotopic (exact) mass is 289 g/mol. The van der Waals surface area contributed by atoms with Crippen LogP contribution in [0.25, 0.3) is 0 Å². The average molecular weight is 289 g/mol. The number of thiocarbonyl (C=S) groups is 1. The number of nitrogens with one attached hydrogen (secondary N) is 1. The summed E-state index contributed by atoms with van der Waals surface area (Å²) in [6.07, 6.45) is 5.29. The third-order valence-corrected chi connectivity index (χ3v) is 4.65. The Labute approximate surface area is 121 Å². The Morgan fingerprint density at radius 1 is 1.47 bits per heavy atom. The van der Waals surface area contributed by atoms with E-state index in [1.54, 1.807) is 6.20 Å². The largest absolute Gasteiger partial charge is 0.389 e. The second-order valence-electron chi connectivity index (χ2n) is 4.65. The van der Waals surface area contributed by atoms with Crippen molar-refractivity contribution in [1.82, 2.24) is 4.98 Å². The van der Waals surface area contributed by atoms with E-state index in [9.17, 15) is 0 Å². The smallest absolute Gasteiger partial charge is 0.136 e. The first-order valence-corrected chi connectivity index (χ1v) is 7.62. The van der Waals surface area contributed by atoms with Crippen molar-refractivity contribution in [2.24, 2.45) is 5.73 Å². The molecule has 0 radical (unpaired) electrons. The number of anilines is 1. The SMILES string of the molecule is NC(=S)c1cccnc1NC1CCCc2sccc21. The second kappa shape index (κ2) is 5.27. The Balaban J connectivity index is 1.90. The van der Waals surface area contributed by atoms with E-state index in [0.29, 0.717) is 11.0 Å². The number of aryl methyl sites for hydroxylation is 1. The van der Waals surface area contributed by atoms with Gasteiger partial charge in [0.05, 0.1) is 11.6 Å². The van der Waals surface area contributed by atoms with Crippen LogP contribution in [0.1, 0.15) is 34.9 Å². The van der Waals surface area contributed by atoms with Crippen molar-refractivity contribution >= 4 is 34.4 Å². The van der Waals surface area contributed by atoms with Gasteiger partial charge in [0, 0.05) is 11.1 Å². The number of hydrogen-bond acceptors (Lipinski definition) is 4. The summed E-state index contributed by atoms with van der Waals surface area (Å²) in [5.41, 5.74) is 7.97. The number of nitrogens with two attached hydrogens (primary N) is 1. The van der Waals surface area contributed by atoms with E-state index in [0.717, 1.165) is 17.8 Å². The number of thiophene rings is 1. The average Bonchev–Trinajstić information content (AvgIpc) is 2.88. The summed E-state index contributed by atoms with van der Waals surface area (Å²) in [5, 5.41) is 5.67. The van der Waals surface area contributed by atoms with Gasteiger partial charge in [-0.3, -0.25) is 0 Å². The van der Waals surface area contributed by atoms with Gasteiger partial charge in [-0.15, -0.1) is 11.3 Å². The topological polar surface area (TPSA) is 50.9 Å². The van der Waals surface area contributed by atoms with Gasteiger partial charge < -0.3 is 11.1 Å². The fourth-order valence-corrected chi connectivity index (χ4v) is 3.67. The molecule has 2 aromatic rings. The van der Waals surface area contributed by atoms with Gasteiger partial charge in [0.1, 0.15) is 10.8 Å². The number of nitrogens with zero attached hydrogens (tertiary/aromatic N) is 1. The molecular weight excluding hydrogens is 274 g/mol. The van der Waals surface area contributed by atoms with Crippen LogP contribution in [0.3, 0.4) is 0 Å². The predicted molar refractivity (Wildman–Crippen MR) is 83.7 cm³/mol. The van der Waals surface area contributed by atoms with E-state index >= 15 is 0 Å². The zero-order valence-electron chi connectivity index (χ0n) is 10.4. The Kier molecular flexibility index (Phi) is 3.48. The lowest BCUT2D eigenvalue weighted by molar-refractivity contribution is 0.607. The molecule has 1 atom stereocenters. The minimum atomic E-state index is 0.318. The van der Waals surface area contributed by atoms with Gasteiger partial charge in [-0.05, 0) is 48.4 Å². The van der Waals surface area contributed by atoms with E-state index in [1.807, 2.05) is 23.5 Å². The quantitative estimate of drug-likeness (QED) is 0.852. The van der Waals surface area contributed by atoms with Crippen LogP contribution in [0.5, 0.6) is 0 Å². The lowest BCUT2D eigenvalue weighted by atomic mass is 9.94. The van der Waals surface area contributed by atoms with Crippen LogP contribution in [0.15, 0.2) is 29.8 Å². The van der Waals surface area contributed by atoms with Crippen molar-refractivity contribution in [2.45, 2.75) is 25.3 Å². The van der Waals surface area contributed by atoms with E-state index in [-0.39, 0.29) is 0 Å². The zero-order chi connectivity index (χ0) is 13.2. The van der Waals surface area contributed by atoms with Crippen LogP contribution in [-0.2, 0) is 6.42 Å². The van der Waals surface area contributed by atoms with Gasteiger partial charge in [0.15, 0.2) is 0 Å². The highest BCUT2D eigenvalue weighted by molar-refractivity contribution is 7.80. The van der Waals surface area contributed by atoms with Crippen molar-refractivity contribution in [3.63, 3.8) is 0 Å². The lowest BCUT2D eigenvalue weighted by Gasteiger charge is -2.25. The summed E-state index contributed by atoms with van der Waals surface area (Å²) in [7, 11) is 0. The molecule has 98 valence electrons. The Morgan fingerprint density at radius 2 is 2.37 bits per heavy atom. The molecule has 0 bridgehead atoms. The Morgan fingerprint density at radius 3 is 3.21 bits per heavy atom. The van der Waals surface area contributed by atoms with Crippen molar-refractivity contribution in [3.05, 3.63) is 45.8 Å². The van der Waals surface area contributed by atoms with Gasteiger partial charge in [0.25, 0.3) is 0 Å². The third kappa shape index (κ3) is 2.48. The highest BCUT2D eigenvalue weighted by Crippen LogP contribution is 2.35. The first-order chi connectivity index (χ1) is 9.25. The van der Waals surface area contributed by atoms with Crippen LogP contribution >= 0.6 is 23.6 Å². The van der Waals surface area contributed by atoms with Crippen LogP contribution in [0.4, 0.5) is 5.82 Å². The maximum absolute atomic E-state index is 5.75. The molecule has 0 fully saturated rings. The molecule has 1 aliphatic rings. The summed E-state index contributed by atoms with van der Waals surface area (Å²) >= 11 is 6.92. The molecule has 0 aliphatic heterocycles. The van der Waals surface area contributed by atoms with Crippen LogP contribution in [0.2, 0.25) is 0 Å². The molecule has 2 aromatic heterocycles. The molecule has 0 aromatic carbocycles. The normalized spacial score (nSPS) is 17.8. The molecule has 0 amide bonds. The van der Waals surface area contributed by atoms with Gasteiger partial charge in [-0.25, -0.2) is 4.98 Å². The van der Waals surface area contributed by atoms with E-state index < -0.39 is 0 Å². The van der Waals surface area contributed by atoms with Gasteiger partial charge in [0.2, 0.25) is 0 Å². The summed E-state index contributed by atoms with van der Waals surface area (Å²) in [4.78, 5) is 6.25. The standard InChI is InChI=1S/C14H15N3S2/c15-13(18)10-3-2-7-16-14(10)17-11-4-1-5-12-9(11)6-8-19-12/h2-3,6-8,11H,1,4-5H2,(H2,15,18)(H,16,17). The maximum Gasteiger partial charge on any atom is 0.136 e. The van der Waals surface area contributed by atoms with Gasteiger partial charge in [-0.1, -0.05) is 12.2 Å². The van der Waals surface area contributed by atoms with E-state index in [1.165, 1.54) is 23.3 Å². The predicted octanol–water partition coefficient (Wildman–Crippen LogP) is 3.27. The lowest BCUT2D eigenvalue weighted by Crippen LogP contribution is -2.20. The fourth-order valence-electron chi connectivity index (χ4n) is 2.52. The van der Waals surface area contributed by atoms with Crippen molar-refractivity contribution in [1.29, 1.82) is 0 Å². The summed E-state index contributed by atoms with van der Waals surface area (Å²) < 4.78 is 0. The van der Waals surface area contributed by atoms with Crippen molar-refractivity contribution in [3.8, 4) is 0 Å². The molecule has 0 saturated carbocycles. The molecule has 1 aliphatic carbocycles. The molecule has 5 heteroatoms. The molecule has 19 heavy (non-hydrogen) atoms. The van der Waals surface area contributed by atoms with Crippen LogP contribution in [0, 0.1) is 0 Å². The number of pyridine rings is 1. The minimum absolute atomic E-state index is 0.318. The molecule has 0 saturated heterocycles. The first kappa shape index (κ1) is 12.6. The van der Waals surface area contributed by atoms with Crippen LogP contribution in [-0.4, -0.2) is 9.97 Å². The maximum atomic E-state index is 5.75. The minimum Gasteiger partial charge on any atom is -0.389 e. The highest BCUT2D eigenvalue weighted by atomic mass is 32.1. The third-order valence-electron chi connectivity index (χ3n) is 3.44. The van der Waals surface area contributed by atoms with Gasteiger partial charge in [-0.2, -0.15) is 0 Å². The zero-order valence-corrected chi connectivity index (χ0v) is 12.1. The molecule has 2 heterocycles. The van der Waals surface area contributed by atoms with Crippen molar-refractivity contribution < 1.29 is 0 Å². The molecule has 0 spiro atoms. The summed E-state index contributed by atoms with van der Waals surface area (Å²) in [6, 6.07) is 6.30. The van der Waals surface area contributed by atoms with E-state index in [4.69, 9.17) is 18.0 Å². The first-order valence-electron chi connectivity index (χ1n) is 6.33. The van der Waals surface area contributed by atoms with Gasteiger partial charge >= 0.3 is 0 Å². The molecule has 3 nitrogen and oxygen atoms in total. The number of rotatable bonds is 3. The van der Waals surface area contributed by atoms with Crippen LogP contribution < -0.4 is 11.1 Å². The Bertz CT molecular complexity index is 606. The number of aromatic nitrogens is 1. The van der Waals surface area contributed by atoms with E-state index in [2.05, 4.69) is 21.7 Å². The summed E-state index contributed by atoms with van der Waals surface area (Å²) in [6.45, 7) is 0. The molecule has 1 unspecified atom stereocenters. The van der Waals surface area contributed by atoms with Crippen molar-refractivity contribution in [2.75, 3.05) is 5.32 Å². The molecule has 3 rings (SSSR count). The molecular formula is C14H15N3S2. The number of hydrogen-bond donors (Lipinski definition) is 2. The fraction of sp³-hybridized carbons (Fsp3) is 0.286. The second-order valence-corrected chi connectivity index (χ2v) is 6.09. The summed E-state index contributed by atoms with van der Waals surface area (Å²) in [5.74, 6) is 0.791. The molecule has 3 N–H and O–H groups in total. The Hall–Kier alpha value is -1.46.